The molecule has 3 rings (SSSR count). The molecule has 112 valence electrons. The Hall–Kier alpha value is -2.09. The van der Waals surface area contributed by atoms with Gasteiger partial charge in [-0.05, 0) is 12.1 Å². The fourth-order valence-corrected chi connectivity index (χ4v) is 2.06. The van der Waals surface area contributed by atoms with Crippen molar-refractivity contribution >= 4 is 0 Å². The molecule has 1 aromatic heterocycles. The van der Waals surface area contributed by atoms with Gasteiger partial charge in [0.2, 0.25) is 11.7 Å². The van der Waals surface area contributed by atoms with Crippen molar-refractivity contribution in [2.24, 2.45) is 0 Å². The van der Waals surface area contributed by atoms with Gasteiger partial charge in [-0.25, -0.2) is 13.2 Å². The topological polar surface area (TPSA) is 60.2 Å². The highest BCUT2D eigenvalue weighted by Gasteiger charge is 2.42. The maximum Gasteiger partial charge on any atom is 0.262 e. The highest BCUT2D eigenvalue weighted by molar-refractivity contribution is 5.23. The van der Waals surface area contributed by atoms with Crippen LogP contribution in [0.2, 0.25) is 0 Å². The number of nitrogens with one attached hydrogen (secondary N) is 1. The minimum absolute atomic E-state index is 0.0642. The number of para-hydroxylation sites is 1. The smallest absolute Gasteiger partial charge is 0.262 e. The molecule has 0 aliphatic carbocycles. The van der Waals surface area contributed by atoms with Crippen LogP contribution in [0.1, 0.15) is 24.2 Å². The Morgan fingerprint density at radius 2 is 2.19 bits per heavy atom. The lowest BCUT2D eigenvalue weighted by Gasteiger charge is -2.04. The Morgan fingerprint density at radius 3 is 2.90 bits per heavy atom. The molecule has 0 amide bonds. The number of alkyl halides is 2. The first-order valence-corrected chi connectivity index (χ1v) is 6.34. The van der Waals surface area contributed by atoms with E-state index in [0.717, 1.165) is 0 Å². The standard InChI is InChI=1S/C13H12F3N3O2/c14-8-3-1-2-4-10(8)20-6-11-18-12(21-19-11)9-5-13(15,16)7-17-9/h1-4,9,17H,5-7H2. The van der Waals surface area contributed by atoms with Crippen molar-refractivity contribution in [2.45, 2.75) is 25.0 Å². The molecule has 1 saturated heterocycles. The maximum atomic E-state index is 13.3. The lowest BCUT2D eigenvalue weighted by molar-refractivity contribution is 0.0200. The second-order valence-corrected chi connectivity index (χ2v) is 4.76. The van der Waals surface area contributed by atoms with E-state index in [4.69, 9.17) is 9.26 Å². The average Bonchev–Trinajstić information content (AvgIpc) is 3.04. The summed E-state index contributed by atoms with van der Waals surface area (Å²) in [6.07, 6.45) is -0.386. The van der Waals surface area contributed by atoms with Gasteiger partial charge in [-0.2, -0.15) is 4.98 Å². The lowest BCUT2D eigenvalue weighted by atomic mass is 10.2. The van der Waals surface area contributed by atoms with Crippen molar-refractivity contribution in [3.63, 3.8) is 0 Å². The Balaban J connectivity index is 1.62. The van der Waals surface area contributed by atoms with Gasteiger partial charge in [-0.15, -0.1) is 0 Å². The average molecular weight is 299 g/mol. The Labute approximate surface area is 118 Å². The molecule has 1 N–H and O–H groups in total. The zero-order valence-corrected chi connectivity index (χ0v) is 10.9. The van der Waals surface area contributed by atoms with Crippen molar-refractivity contribution in [2.75, 3.05) is 6.54 Å². The van der Waals surface area contributed by atoms with Crippen LogP contribution in [-0.2, 0) is 6.61 Å². The number of nitrogens with zero attached hydrogens (tertiary/aromatic N) is 2. The molecule has 1 fully saturated rings. The first-order valence-electron chi connectivity index (χ1n) is 6.34. The summed E-state index contributed by atoms with van der Waals surface area (Å²) in [7, 11) is 0. The molecule has 0 saturated carbocycles. The third-order valence-electron chi connectivity index (χ3n) is 3.09. The molecule has 5 nitrogen and oxygen atoms in total. The second-order valence-electron chi connectivity index (χ2n) is 4.76. The van der Waals surface area contributed by atoms with E-state index in [1.807, 2.05) is 0 Å². The van der Waals surface area contributed by atoms with Gasteiger partial charge < -0.3 is 9.26 Å². The maximum absolute atomic E-state index is 13.3. The molecule has 8 heteroatoms. The van der Waals surface area contributed by atoms with Crippen LogP contribution in [0.3, 0.4) is 0 Å². The summed E-state index contributed by atoms with van der Waals surface area (Å²) in [4.78, 5) is 3.98. The molecular formula is C13H12F3N3O2. The number of rotatable bonds is 4. The summed E-state index contributed by atoms with van der Waals surface area (Å²) in [5, 5.41) is 6.25. The summed E-state index contributed by atoms with van der Waals surface area (Å²) in [6, 6.07) is 5.23. The van der Waals surface area contributed by atoms with Gasteiger partial charge in [0.05, 0.1) is 12.6 Å². The number of hydrogen-bond acceptors (Lipinski definition) is 5. The summed E-state index contributed by atoms with van der Waals surface area (Å²) < 4.78 is 49.7. The van der Waals surface area contributed by atoms with Crippen molar-refractivity contribution in [1.82, 2.24) is 15.5 Å². The third kappa shape index (κ3) is 3.15. The van der Waals surface area contributed by atoms with Crippen molar-refractivity contribution in [3.8, 4) is 5.75 Å². The third-order valence-corrected chi connectivity index (χ3v) is 3.09. The van der Waals surface area contributed by atoms with Crippen molar-refractivity contribution < 1.29 is 22.4 Å². The first-order chi connectivity index (χ1) is 10.0. The van der Waals surface area contributed by atoms with Crippen LogP contribution in [0.25, 0.3) is 0 Å². The van der Waals surface area contributed by atoms with Gasteiger partial charge in [0.25, 0.3) is 5.92 Å². The van der Waals surface area contributed by atoms with E-state index >= 15 is 0 Å². The van der Waals surface area contributed by atoms with Crippen LogP contribution in [0.4, 0.5) is 13.2 Å². The molecule has 0 spiro atoms. The van der Waals surface area contributed by atoms with Crippen LogP contribution in [0.5, 0.6) is 5.75 Å². The van der Waals surface area contributed by atoms with Crippen LogP contribution in [-0.4, -0.2) is 22.6 Å². The Kier molecular flexibility index (Phi) is 3.54. The van der Waals surface area contributed by atoms with E-state index in [2.05, 4.69) is 15.5 Å². The van der Waals surface area contributed by atoms with Crippen LogP contribution >= 0.6 is 0 Å². The van der Waals surface area contributed by atoms with E-state index in [9.17, 15) is 13.2 Å². The summed E-state index contributed by atoms with van der Waals surface area (Å²) in [5.41, 5.74) is 0. The zero-order valence-electron chi connectivity index (χ0n) is 10.9. The fraction of sp³-hybridized carbons (Fsp3) is 0.385. The van der Waals surface area contributed by atoms with Gasteiger partial charge in [0.1, 0.15) is 0 Å². The minimum Gasteiger partial charge on any atom is -0.482 e. The van der Waals surface area contributed by atoms with Crippen LogP contribution < -0.4 is 10.1 Å². The van der Waals surface area contributed by atoms with Gasteiger partial charge in [0, 0.05) is 6.42 Å². The lowest BCUT2D eigenvalue weighted by Crippen LogP contribution is -2.19. The largest absolute Gasteiger partial charge is 0.482 e. The molecule has 0 radical (unpaired) electrons. The summed E-state index contributed by atoms with van der Waals surface area (Å²) >= 11 is 0. The van der Waals surface area contributed by atoms with Crippen LogP contribution in [0.15, 0.2) is 28.8 Å². The second kappa shape index (κ2) is 5.36. The van der Waals surface area contributed by atoms with Gasteiger partial charge in [-0.3, -0.25) is 5.32 Å². The number of hydrogen-bond donors (Lipinski definition) is 1. The number of ether oxygens (including phenoxy) is 1. The molecular weight excluding hydrogens is 287 g/mol. The highest BCUT2D eigenvalue weighted by Crippen LogP contribution is 2.33. The fourth-order valence-electron chi connectivity index (χ4n) is 2.06. The van der Waals surface area contributed by atoms with Crippen molar-refractivity contribution in [3.05, 3.63) is 41.8 Å². The summed E-state index contributed by atoms with van der Waals surface area (Å²) in [6.45, 7) is -0.519. The minimum atomic E-state index is -2.77. The molecule has 1 atom stereocenters. The monoisotopic (exact) mass is 299 g/mol. The normalized spacial score (nSPS) is 20.6. The van der Waals surface area contributed by atoms with E-state index in [-0.39, 0.29) is 30.5 Å². The number of benzene rings is 1. The zero-order chi connectivity index (χ0) is 14.9. The van der Waals surface area contributed by atoms with Crippen LogP contribution in [0, 0.1) is 5.82 Å². The number of halogens is 3. The molecule has 1 unspecified atom stereocenters. The molecule has 0 bridgehead atoms. The van der Waals surface area contributed by atoms with Crippen molar-refractivity contribution in [1.29, 1.82) is 0 Å². The van der Waals surface area contributed by atoms with Gasteiger partial charge >= 0.3 is 0 Å². The molecule has 1 aliphatic heterocycles. The molecule has 2 aromatic rings. The first kappa shape index (κ1) is 13.9. The Morgan fingerprint density at radius 1 is 1.38 bits per heavy atom. The van der Waals surface area contributed by atoms with E-state index in [0.29, 0.717) is 0 Å². The van der Waals surface area contributed by atoms with E-state index < -0.39 is 24.3 Å². The number of aromatic nitrogens is 2. The van der Waals surface area contributed by atoms with Gasteiger partial charge in [0.15, 0.2) is 18.2 Å². The molecule has 21 heavy (non-hydrogen) atoms. The Bertz CT molecular complexity index is 633. The predicted octanol–water partition coefficient (Wildman–Crippen LogP) is 2.46. The van der Waals surface area contributed by atoms with E-state index in [1.54, 1.807) is 12.1 Å². The summed E-state index contributed by atoms with van der Waals surface area (Å²) in [5.74, 6) is -2.96. The SMILES string of the molecule is Fc1ccccc1OCc1noc(C2CC(F)(F)CN2)n1. The van der Waals surface area contributed by atoms with E-state index in [1.165, 1.54) is 12.1 Å². The molecule has 2 heterocycles. The highest BCUT2D eigenvalue weighted by atomic mass is 19.3. The quantitative estimate of drug-likeness (QED) is 0.939. The molecule has 1 aromatic carbocycles. The molecule has 1 aliphatic rings. The predicted molar refractivity (Wildman–Crippen MR) is 65.3 cm³/mol. The van der Waals surface area contributed by atoms with Gasteiger partial charge in [-0.1, -0.05) is 17.3 Å².